The topological polar surface area (TPSA) is 48.9 Å². The first-order valence-corrected chi connectivity index (χ1v) is 8.42. The minimum Gasteiger partial charge on any atom is -0.381 e. The first-order valence-electron chi connectivity index (χ1n) is 8.42. The Bertz CT molecular complexity index is 518. The SMILES string of the molecule is CN=C(NCCCOCC(C)C)NCc1ccc(N(C)C)c(F)c1. The number of halogens is 1. The lowest BCUT2D eigenvalue weighted by atomic mass is 10.2. The van der Waals surface area contributed by atoms with Crippen LogP contribution >= 0.6 is 0 Å². The van der Waals surface area contributed by atoms with E-state index < -0.39 is 0 Å². The van der Waals surface area contributed by atoms with Crippen molar-refractivity contribution in [3.63, 3.8) is 0 Å². The molecule has 1 aromatic carbocycles. The summed E-state index contributed by atoms with van der Waals surface area (Å²) in [5, 5.41) is 6.42. The highest BCUT2D eigenvalue weighted by Crippen LogP contribution is 2.18. The van der Waals surface area contributed by atoms with Gasteiger partial charge < -0.3 is 20.3 Å². The number of anilines is 1. The van der Waals surface area contributed by atoms with Gasteiger partial charge in [0.15, 0.2) is 5.96 Å². The van der Waals surface area contributed by atoms with Crippen LogP contribution in [0, 0.1) is 11.7 Å². The van der Waals surface area contributed by atoms with Crippen LogP contribution in [0.15, 0.2) is 23.2 Å². The van der Waals surface area contributed by atoms with E-state index in [0.717, 1.165) is 31.7 Å². The lowest BCUT2D eigenvalue weighted by Crippen LogP contribution is -2.37. The van der Waals surface area contributed by atoms with Gasteiger partial charge in [0, 0.05) is 47.4 Å². The molecule has 0 aliphatic rings. The molecule has 0 radical (unpaired) electrons. The Morgan fingerprint density at radius 2 is 2.04 bits per heavy atom. The van der Waals surface area contributed by atoms with Crippen LogP contribution in [0.1, 0.15) is 25.8 Å². The van der Waals surface area contributed by atoms with Crippen LogP contribution in [0.5, 0.6) is 0 Å². The van der Waals surface area contributed by atoms with Crippen molar-refractivity contribution in [2.24, 2.45) is 10.9 Å². The molecular weight excluding hydrogens is 307 g/mol. The van der Waals surface area contributed by atoms with Gasteiger partial charge in [-0.1, -0.05) is 19.9 Å². The molecule has 5 nitrogen and oxygen atoms in total. The van der Waals surface area contributed by atoms with E-state index >= 15 is 0 Å². The molecule has 0 spiro atoms. The molecule has 0 aromatic heterocycles. The van der Waals surface area contributed by atoms with Crippen molar-refractivity contribution < 1.29 is 9.13 Å². The normalized spacial score (nSPS) is 11.7. The van der Waals surface area contributed by atoms with Crippen molar-refractivity contribution in [3.8, 4) is 0 Å². The van der Waals surface area contributed by atoms with Gasteiger partial charge in [-0.2, -0.15) is 0 Å². The molecule has 0 amide bonds. The summed E-state index contributed by atoms with van der Waals surface area (Å²) >= 11 is 0. The van der Waals surface area contributed by atoms with E-state index in [4.69, 9.17) is 4.74 Å². The molecule has 0 unspecified atom stereocenters. The Kier molecular flexibility index (Phi) is 9.15. The number of guanidine groups is 1. The maximum absolute atomic E-state index is 14.0. The van der Waals surface area contributed by atoms with Gasteiger partial charge in [-0.3, -0.25) is 4.99 Å². The maximum Gasteiger partial charge on any atom is 0.191 e. The maximum atomic E-state index is 14.0. The quantitative estimate of drug-likeness (QED) is 0.413. The number of nitrogens with zero attached hydrogens (tertiary/aromatic N) is 2. The molecule has 0 heterocycles. The summed E-state index contributed by atoms with van der Waals surface area (Å²) in [5.74, 6) is 1.05. The minimum absolute atomic E-state index is 0.218. The van der Waals surface area contributed by atoms with E-state index in [1.165, 1.54) is 0 Å². The van der Waals surface area contributed by atoms with Gasteiger partial charge in [-0.05, 0) is 30.0 Å². The largest absolute Gasteiger partial charge is 0.381 e. The molecule has 0 aliphatic carbocycles. The van der Waals surface area contributed by atoms with Crippen LogP contribution in [0.4, 0.5) is 10.1 Å². The second-order valence-corrected chi connectivity index (χ2v) is 6.36. The van der Waals surface area contributed by atoms with Crippen molar-refractivity contribution in [3.05, 3.63) is 29.6 Å². The Balaban J connectivity index is 2.32. The number of hydrogen-bond acceptors (Lipinski definition) is 3. The number of hydrogen-bond donors (Lipinski definition) is 2. The summed E-state index contributed by atoms with van der Waals surface area (Å²) in [5.41, 5.74) is 1.46. The summed E-state index contributed by atoms with van der Waals surface area (Å²) in [7, 11) is 5.38. The molecule has 1 rings (SSSR count). The molecule has 0 bridgehead atoms. The molecular formula is C18H31FN4O. The zero-order valence-corrected chi connectivity index (χ0v) is 15.5. The van der Waals surface area contributed by atoms with Crippen LogP contribution in [0.2, 0.25) is 0 Å². The standard InChI is InChI=1S/C18H31FN4O/c1-14(2)13-24-10-6-9-21-18(20-3)22-12-15-7-8-17(23(4)5)16(19)11-15/h7-8,11,14H,6,9-10,12-13H2,1-5H3,(H2,20,21,22). The highest BCUT2D eigenvalue weighted by molar-refractivity contribution is 5.79. The van der Waals surface area contributed by atoms with Crippen LogP contribution in [-0.2, 0) is 11.3 Å². The van der Waals surface area contributed by atoms with Crippen molar-refractivity contribution >= 4 is 11.6 Å². The Hall–Kier alpha value is -1.82. The Morgan fingerprint density at radius 3 is 2.62 bits per heavy atom. The second kappa shape index (κ2) is 10.9. The predicted molar refractivity (Wildman–Crippen MR) is 99.2 cm³/mol. The van der Waals surface area contributed by atoms with Gasteiger partial charge in [-0.15, -0.1) is 0 Å². The number of ether oxygens (including phenoxy) is 1. The lowest BCUT2D eigenvalue weighted by molar-refractivity contribution is 0.108. The van der Waals surface area contributed by atoms with Gasteiger partial charge in [-0.25, -0.2) is 4.39 Å². The van der Waals surface area contributed by atoms with E-state index in [9.17, 15) is 4.39 Å². The highest BCUT2D eigenvalue weighted by atomic mass is 19.1. The minimum atomic E-state index is -0.218. The van der Waals surface area contributed by atoms with Gasteiger partial charge in [0.05, 0.1) is 5.69 Å². The molecule has 0 aliphatic heterocycles. The summed E-state index contributed by atoms with van der Waals surface area (Å²) in [6.07, 6.45) is 0.916. The van der Waals surface area contributed by atoms with Crippen LogP contribution in [0.3, 0.4) is 0 Å². The van der Waals surface area contributed by atoms with E-state index in [2.05, 4.69) is 29.5 Å². The molecule has 0 fully saturated rings. The van der Waals surface area contributed by atoms with Gasteiger partial charge in [0.1, 0.15) is 5.82 Å². The van der Waals surface area contributed by atoms with E-state index in [1.807, 2.05) is 20.2 Å². The smallest absolute Gasteiger partial charge is 0.191 e. The fraction of sp³-hybridized carbons (Fsp3) is 0.611. The van der Waals surface area contributed by atoms with Crippen molar-refractivity contribution in [1.82, 2.24) is 10.6 Å². The van der Waals surface area contributed by atoms with E-state index in [0.29, 0.717) is 24.1 Å². The first-order chi connectivity index (χ1) is 11.4. The first kappa shape index (κ1) is 20.2. The Morgan fingerprint density at radius 1 is 1.29 bits per heavy atom. The predicted octanol–water partition coefficient (Wildman–Crippen LogP) is 2.62. The monoisotopic (exact) mass is 338 g/mol. The summed E-state index contributed by atoms with van der Waals surface area (Å²) in [4.78, 5) is 5.93. The molecule has 136 valence electrons. The van der Waals surface area contributed by atoms with Crippen molar-refractivity contribution in [1.29, 1.82) is 0 Å². The molecule has 0 atom stereocenters. The third-order valence-corrected chi connectivity index (χ3v) is 3.39. The number of benzene rings is 1. The second-order valence-electron chi connectivity index (χ2n) is 6.36. The molecule has 24 heavy (non-hydrogen) atoms. The highest BCUT2D eigenvalue weighted by Gasteiger charge is 2.06. The zero-order valence-electron chi connectivity index (χ0n) is 15.5. The number of rotatable bonds is 9. The molecule has 6 heteroatoms. The van der Waals surface area contributed by atoms with E-state index in [-0.39, 0.29) is 5.82 Å². The van der Waals surface area contributed by atoms with Gasteiger partial charge in [0.25, 0.3) is 0 Å². The third kappa shape index (κ3) is 7.64. The summed E-state index contributed by atoms with van der Waals surface area (Å²) in [6, 6.07) is 5.25. The van der Waals surface area contributed by atoms with Crippen LogP contribution in [0.25, 0.3) is 0 Å². The van der Waals surface area contributed by atoms with Crippen molar-refractivity contribution in [2.45, 2.75) is 26.8 Å². The Labute approximate surface area is 145 Å². The summed E-state index contributed by atoms with van der Waals surface area (Å²) < 4.78 is 19.5. The van der Waals surface area contributed by atoms with E-state index in [1.54, 1.807) is 24.1 Å². The average molecular weight is 338 g/mol. The molecule has 0 saturated carbocycles. The third-order valence-electron chi connectivity index (χ3n) is 3.39. The van der Waals surface area contributed by atoms with Gasteiger partial charge >= 0.3 is 0 Å². The molecule has 1 aromatic rings. The van der Waals surface area contributed by atoms with Crippen LogP contribution < -0.4 is 15.5 Å². The lowest BCUT2D eigenvalue weighted by Gasteiger charge is -2.15. The summed E-state index contributed by atoms with van der Waals surface area (Å²) in [6.45, 7) is 7.11. The number of nitrogens with one attached hydrogen (secondary N) is 2. The fourth-order valence-corrected chi connectivity index (χ4v) is 2.13. The molecule has 0 saturated heterocycles. The van der Waals surface area contributed by atoms with Crippen molar-refractivity contribution in [2.75, 3.05) is 45.8 Å². The zero-order chi connectivity index (χ0) is 17.9. The fourth-order valence-electron chi connectivity index (χ4n) is 2.13. The number of aliphatic imine (C=N–C) groups is 1. The van der Waals surface area contributed by atoms with Crippen LogP contribution in [-0.4, -0.2) is 46.9 Å². The van der Waals surface area contributed by atoms with Gasteiger partial charge in [0.2, 0.25) is 0 Å². The average Bonchev–Trinajstić information content (AvgIpc) is 2.52. The molecule has 2 N–H and O–H groups in total.